The lowest BCUT2D eigenvalue weighted by molar-refractivity contribution is 0.635. The standard InChI is InChI=1S/C15H13ClIN/c16-12-5-6-15(14(17)8-12)18-9-11-7-10-3-1-2-4-13(10)11/h1-6,8,11,18H,7,9H2. The predicted octanol–water partition coefficient (Wildman–Crippen LogP) is 4.70. The Morgan fingerprint density at radius 3 is 2.83 bits per heavy atom. The molecule has 3 heteroatoms. The molecule has 1 N–H and O–H groups in total. The molecule has 92 valence electrons. The molecule has 0 fully saturated rings. The molecule has 1 atom stereocenters. The Kier molecular flexibility index (Phi) is 3.48. The second-order valence-corrected chi connectivity index (χ2v) is 6.20. The van der Waals surface area contributed by atoms with E-state index in [1.54, 1.807) is 0 Å². The van der Waals surface area contributed by atoms with Crippen molar-refractivity contribution in [1.29, 1.82) is 0 Å². The fraction of sp³-hybridized carbons (Fsp3) is 0.200. The summed E-state index contributed by atoms with van der Waals surface area (Å²) < 4.78 is 1.17. The smallest absolute Gasteiger partial charge is 0.0477 e. The van der Waals surface area contributed by atoms with Gasteiger partial charge in [-0.15, -0.1) is 0 Å². The van der Waals surface area contributed by atoms with E-state index in [-0.39, 0.29) is 0 Å². The molecule has 0 bridgehead atoms. The normalized spacial score (nSPS) is 16.9. The van der Waals surface area contributed by atoms with Crippen LogP contribution in [0.2, 0.25) is 5.02 Å². The van der Waals surface area contributed by atoms with E-state index < -0.39 is 0 Å². The van der Waals surface area contributed by atoms with Crippen molar-refractivity contribution in [3.05, 3.63) is 62.2 Å². The molecule has 0 aromatic heterocycles. The minimum atomic E-state index is 0.646. The minimum Gasteiger partial charge on any atom is -0.384 e. The molecule has 18 heavy (non-hydrogen) atoms. The lowest BCUT2D eigenvalue weighted by atomic mass is 9.77. The van der Waals surface area contributed by atoms with Crippen LogP contribution in [0.4, 0.5) is 5.69 Å². The molecule has 1 aliphatic carbocycles. The highest BCUT2D eigenvalue weighted by Gasteiger charge is 2.24. The average molecular weight is 370 g/mol. The second-order valence-electron chi connectivity index (χ2n) is 4.60. The first-order valence-corrected chi connectivity index (χ1v) is 7.46. The summed E-state index contributed by atoms with van der Waals surface area (Å²) >= 11 is 8.27. The van der Waals surface area contributed by atoms with Crippen LogP contribution in [0.3, 0.4) is 0 Å². The zero-order valence-electron chi connectivity index (χ0n) is 9.79. The van der Waals surface area contributed by atoms with E-state index in [2.05, 4.69) is 58.2 Å². The molecule has 0 radical (unpaired) electrons. The first-order valence-electron chi connectivity index (χ1n) is 6.01. The highest BCUT2D eigenvalue weighted by atomic mass is 127. The van der Waals surface area contributed by atoms with Crippen LogP contribution in [-0.2, 0) is 6.42 Å². The van der Waals surface area contributed by atoms with Crippen LogP contribution in [-0.4, -0.2) is 6.54 Å². The Morgan fingerprint density at radius 2 is 2.06 bits per heavy atom. The van der Waals surface area contributed by atoms with E-state index in [0.717, 1.165) is 11.6 Å². The van der Waals surface area contributed by atoms with Crippen molar-refractivity contribution >= 4 is 39.9 Å². The maximum atomic E-state index is 5.95. The first kappa shape index (κ1) is 12.3. The molecule has 0 saturated heterocycles. The second kappa shape index (κ2) is 5.10. The topological polar surface area (TPSA) is 12.0 Å². The molecular weight excluding hydrogens is 357 g/mol. The highest BCUT2D eigenvalue weighted by molar-refractivity contribution is 14.1. The zero-order chi connectivity index (χ0) is 12.5. The van der Waals surface area contributed by atoms with Crippen LogP contribution in [0.5, 0.6) is 0 Å². The third-order valence-corrected chi connectivity index (χ3v) is 4.56. The summed E-state index contributed by atoms with van der Waals surface area (Å²) in [6, 6.07) is 14.7. The third kappa shape index (κ3) is 2.36. The molecule has 1 unspecified atom stereocenters. The van der Waals surface area contributed by atoms with Gasteiger partial charge in [0.1, 0.15) is 0 Å². The number of nitrogens with one attached hydrogen (secondary N) is 1. The largest absolute Gasteiger partial charge is 0.384 e. The monoisotopic (exact) mass is 369 g/mol. The van der Waals surface area contributed by atoms with Crippen molar-refractivity contribution in [3.8, 4) is 0 Å². The fourth-order valence-corrected chi connectivity index (χ4v) is 3.47. The average Bonchev–Trinajstić information content (AvgIpc) is 2.33. The molecule has 1 aliphatic rings. The molecule has 0 saturated carbocycles. The van der Waals surface area contributed by atoms with E-state index >= 15 is 0 Å². The van der Waals surface area contributed by atoms with Crippen LogP contribution in [0.1, 0.15) is 17.0 Å². The molecular formula is C15H13ClIN. The van der Waals surface area contributed by atoms with Gasteiger partial charge < -0.3 is 5.32 Å². The van der Waals surface area contributed by atoms with Crippen LogP contribution in [0, 0.1) is 3.57 Å². The number of fused-ring (bicyclic) bond motifs is 1. The molecule has 2 aromatic rings. The maximum absolute atomic E-state index is 5.95. The van der Waals surface area contributed by atoms with Gasteiger partial charge in [-0.3, -0.25) is 0 Å². The van der Waals surface area contributed by atoms with Crippen LogP contribution in [0.15, 0.2) is 42.5 Å². The number of hydrogen-bond donors (Lipinski definition) is 1. The maximum Gasteiger partial charge on any atom is 0.0477 e. The van der Waals surface area contributed by atoms with Gasteiger partial charge in [0.25, 0.3) is 0 Å². The number of hydrogen-bond acceptors (Lipinski definition) is 1. The zero-order valence-corrected chi connectivity index (χ0v) is 12.7. The molecule has 2 aromatic carbocycles. The first-order chi connectivity index (χ1) is 8.74. The Labute approximate surface area is 126 Å². The number of halogens is 2. The highest BCUT2D eigenvalue weighted by Crippen LogP contribution is 2.35. The predicted molar refractivity (Wildman–Crippen MR) is 85.5 cm³/mol. The molecule has 0 heterocycles. The van der Waals surface area contributed by atoms with Gasteiger partial charge in [0.2, 0.25) is 0 Å². The van der Waals surface area contributed by atoms with Gasteiger partial charge in [0.15, 0.2) is 0 Å². The van der Waals surface area contributed by atoms with Crippen LogP contribution in [0.25, 0.3) is 0 Å². The Morgan fingerprint density at radius 1 is 1.22 bits per heavy atom. The molecule has 0 aliphatic heterocycles. The minimum absolute atomic E-state index is 0.646. The number of anilines is 1. The molecule has 3 rings (SSSR count). The van der Waals surface area contributed by atoms with Crippen molar-refractivity contribution in [2.75, 3.05) is 11.9 Å². The van der Waals surface area contributed by atoms with Crippen LogP contribution < -0.4 is 5.32 Å². The SMILES string of the molecule is Clc1ccc(NCC2Cc3ccccc32)c(I)c1. The lowest BCUT2D eigenvalue weighted by Gasteiger charge is -2.30. The summed E-state index contributed by atoms with van der Waals surface area (Å²) in [6.45, 7) is 0.995. The van der Waals surface area contributed by atoms with Crippen molar-refractivity contribution in [3.63, 3.8) is 0 Å². The van der Waals surface area contributed by atoms with Crippen molar-refractivity contribution in [2.24, 2.45) is 0 Å². The summed E-state index contributed by atoms with van der Waals surface area (Å²) in [5.41, 5.74) is 4.16. The van der Waals surface area contributed by atoms with E-state index in [1.165, 1.54) is 26.8 Å². The fourth-order valence-electron chi connectivity index (χ4n) is 2.41. The van der Waals surface area contributed by atoms with Gasteiger partial charge >= 0.3 is 0 Å². The van der Waals surface area contributed by atoms with Gasteiger partial charge in [-0.1, -0.05) is 35.9 Å². The van der Waals surface area contributed by atoms with E-state index in [0.29, 0.717) is 5.92 Å². The Balaban J connectivity index is 1.66. The molecule has 1 nitrogen and oxygen atoms in total. The Bertz CT molecular complexity index is 582. The van der Waals surface area contributed by atoms with Gasteiger partial charge in [-0.25, -0.2) is 0 Å². The van der Waals surface area contributed by atoms with Gasteiger partial charge in [-0.2, -0.15) is 0 Å². The molecule has 0 amide bonds. The van der Waals surface area contributed by atoms with E-state index in [1.807, 2.05) is 12.1 Å². The summed E-state index contributed by atoms with van der Waals surface area (Å²) in [5, 5.41) is 4.31. The van der Waals surface area contributed by atoms with Crippen molar-refractivity contribution in [2.45, 2.75) is 12.3 Å². The van der Waals surface area contributed by atoms with E-state index in [9.17, 15) is 0 Å². The van der Waals surface area contributed by atoms with Gasteiger partial charge in [0.05, 0.1) is 0 Å². The summed E-state index contributed by atoms with van der Waals surface area (Å²) in [6.07, 6.45) is 1.19. The summed E-state index contributed by atoms with van der Waals surface area (Å²) in [4.78, 5) is 0. The third-order valence-electron chi connectivity index (χ3n) is 3.43. The quantitative estimate of drug-likeness (QED) is 0.774. The lowest BCUT2D eigenvalue weighted by Crippen LogP contribution is -2.24. The van der Waals surface area contributed by atoms with E-state index in [4.69, 9.17) is 11.6 Å². The summed E-state index contributed by atoms with van der Waals surface area (Å²) in [7, 11) is 0. The van der Waals surface area contributed by atoms with Gasteiger partial charge in [0, 0.05) is 26.7 Å². The van der Waals surface area contributed by atoms with Crippen LogP contribution >= 0.6 is 34.2 Å². The van der Waals surface area contributed by atoms with Crippen molar-refractivity contribution < 1.29 is 0 Å². The molecule has 0 spiro atoms. The number of benzene rings is 2. The summed E-state index contributed by atoms with van der Waals surface area (Å²) in [5.74, 6) is 0.646. The Hall–Kier alpha value is -0.740. The van der Waals surface area contributed by atoms with Crippen molar-refractivity contribution in [1.82, 2.24) is 0 Å². The van der Waals surface area contributed by atoms with Gasteiger partial charge in [-0.05, 0) is 58.3 Å². The number of rotatable bonds is 3.